The Bertz CT molecular complexity index is 1100. The second kappa shape index (κ2) is 9.95. The van der Waals surface area contributed by atoms with Gasteiger partial charge in [-0.2, -0.15) is 0 Å². The van der Waals surface area contributed by atoms with Crippen LogP contribution in [0.2, 0.25) is 0 Å². The smallest absolute Gasteiger partial charge is 0.161 e. The number of aromatic nitrogens is 1. The van der Waals surface area contributed by atoms with Gasteiger partial charge in [0.1, 0.15) is 19.0 Å². The zero-order valence-electron chi connectivity index (χ0n) is 19.1. The molecule has 0 aliphatic carbocycles. The molecule has 1 aromatic heterocycles. The summed E-state index contributed by atoms with van der Waals surface area (Å²) in [6.45, 7) is 5.32. The Hall–Kier alpha value is -2.87. The molecule has 2 aromatic carbocycles. The van der Waals surface area contributed by atoms with Crippen molar-refractivity contribution in [2.75, 3.05) is 33.5 Å². The van der Waals surface area contributed by atoms with Crippen molar-refractivity contribution in [2.24, 2.45) is 5.92 Å². The molecule has 0 saturated carbocycles. The number of nitrogens with zero attached hydrogens (tertiary/aromatic N) is 1. The van der Waals surface area contributed by atoms with Crippen LogP contribution < -0.4 is 19.5 Å². The minimum absolute atomic E-state index is 0.146. The Balaban J connectivity index is 1.14. The molecule has 1 atom stereocenters. The first kappa shape index (κ1) is 21.9. The first-order valence-corrected chi connectivity index (χ1v) is 11.5. The summed E-state index contributed by atoms with van der Waals surface area (Å²) in [6.07, 6.45) is 2.47. The monoisotopic (exact) mass is 450 g/mol. The third-order valence-corrected chi connectivity index (χ3v) is 6.17. The van der Waals surface area contributed by atoms with Gasteiger partial charge in [0, 0.05) is 24.0 Å². The maximum atomic E-state index is 6.09. The number of ether oxygens (including phenoxy) is 5. The molecule has 1 fully saturated rings. The van der Waals surface area contributed by atoms with E-state index in [1.807, 2.05) is 36.5 Å². The maximum absolute atomic E-state index is 6.09. The van der Waals surface area contributed by atoms with Gasteiger partial charge in [-0.15, -0.1) is 0 Å². The molecular formula is C26H30N2O5. The van der Waals surface area contributed by atoms with E-state index < -0.39 is 0 Å². The number of nitrogens with one attached hydrogen (secondary N) is 1. The molecular weight excluding hydrogens is 420 g/mol. The lowest BCUT2D eigenvalue weighted by Gasteiger charge is -2.33. The summed E-state index contributed by atoms with van der Waals surface area (Å²) in [7, 11) is 1.68. The first-order chi connectivity index (χ1) is 16.2. The van der Waals surface area contributed by atoms with Gasteiger partial charge in [-0.05, 0) is 53.9 Å². The highest BCUT2D eigenvalue weighted by Gasteiger charge is 2.27. The fourth-order valence-electron chi connectivity index (χ4n) is 4.35. The zero-order valence-corrected chi connectivity index (χ0v) is 19.1. The van der Waals surface area contributed by atoms with E-state index in [1.54, 1.807) is 7.11 Å². The lowest BCUT2D eigenvalue weighted by Crippen LogP contribution is -2.46. The van der Waals surface area contributed by atoms with Crippen molar-refractivity contribution in [2.45, 2.75) is 32.2 Å². The molecule has 1 N–H and O–H groups in total. The molecule has 33 heavy (non-hydrogen) atoms. The summed E-state index contributed by atoms with van der Waals surface area (Å²) < 4.78 is 28.8. The van der Waals surface area contributed by atoms with E-state index in [9.17, 15) is 0 Å². The maximum Gasteiger partial charge on any atom is 0.161 e. The van der Waals surface area contributed by atoms with E-state index in [2.05, 4.69) is 29.4 Å². The van der Waals surface area contributed by atoms with E-state index >= 15 is 0 Å². The minimum atomic E-state index is -0.230. The number of benzene rings is 2. The van der Waals surface area contributed by atoms with Crippen LogP contribution in [0.15, 0.2) is 48.7 Å². The fraction of sp³-hybridized carbons (Fsp3) is 0.423. The van der Waals surface area contributed by atoms with E-state index in [-0.39, 0.29) is 18.2 Å². The number of hydrogen-bond donors (Lipinski definition) is 1. The summed E-state index contributed by atoms with van der Waals surface area (Å²) in [5, 5.41) is 4.63. The van der Waals surface area contributed by atoms with Crippen LogP contribution in [0.25, 0.3) is 10.9 Å². The molecule has 5 rings (SSSR count). The quantitative estimate of drug-likeness (QED) is 0.588. The fourth-order valence-corrected chi connectivity index (χ4v) is 4.35. The van der Waals surface area contributed by atoms with Crippen LogP contribution in [0.5, 0.6) is 17.2 Å². The highest BCUT2D eigenvalue weighted by atomic mass is 16.7. The van der Waals surface area contributed by atoms with E-state index in [0.29, 0.717) is 26.4 Å². The van der Waals surface area contributed by atoms with Crippen LogP contribution in [-0.4, -0.2) is 50.9 Å². The minimum Gasteiger partial charge on any atom is -0.497 e. The van der Waals surface area contributed by atoms with Crippen molar-refractivity contribution in [3.63, 3.8) is 0 Å². The van der Waals surface area contributed by atoms with Crippen molar-refractivity contribution >= 4 is 10.9 Å². The number of methoxy groups -OCH3 is 1. The van der Waals surface area contributed by atoms with E-state index in [1.165, 1.54) is 5.56 Å². The molecule has 2 aliphatic heterocycles. The van der Waals surface area contributed by atoms with Gasteiger partial charge in [0.2, 0.25) is 0 Å². The predicted octanol–water partition coefficient (Wildman–Crippen LogP) is 3.72. The number of pyridine rings is 1. The largest absolute Gasteiger partial charge is 0.497 e. The van der Waals surface area contributed by atoms with Crippen LogP contribution in [0.4, 0.5) is 0 Å². The van der Waals surface area contributed by atoms with Crippen LogP contribution >= 0.6 is 0 Å². The number of fused-ring (bicyclic) bond motifs is 2. The molecule has 3 aromatic rings. The Morgan fingerprint density at radius 1 is 1.03 bits per heavy atom. The van der Waals surface area contributed by atoms with Gasteiger partial charge in [0.25, 0.3) is 0 Å². The summed E-state index contributed by atoms with van der Waals surface area (Å²) in [6, 6.07) is 14.3. The average molecular weight is 451 g/mol. The molecule has 1 saturated heterocycles. The van der Waals surface area contributed by atoms with Crippen LogP contribution in [-0.2, 0) is 22.4 Å². The normalized spacial score (nSPS) is 21.0. The average Bonchev–Trinajstić information content (AvgIpc) is 2.87. The second-order valence-corrected chi connectivity index (χ2v) is 8.63. The number of hydrogen-bond acceptors (Lipinski definition) is 7. The van der Waals surface area contributed by atoms with Gasteiger partial charge in [0.15, 0.2) is 17.8 Å². The van der Waals surface area contributed by atoms with Crippen molar-refractivity contribution in [1.29, 1.82) is 0 Å². The van der Waals surface area contributed by atoms with Gasteiger partial charge in [-0.3, -0.25) is 4.98 Å². The lowest BCUT2D eigenvalue weighted by molar-refractivity contribution is -0.211. The zero-order chi connectivity index (χ0) is 22.6. The van der Waals surface area contributed by atoms with Crippen molar-refractivity contribution in [3.05, 3.63) is 59.8 Å². The molecule has 0 spiro atoms. The van der Waals surface area contributed by atoms with Gasteiger partial charge in [-0.1, -0.05) is 13.0 Å². The van der Waals surface area contributed by atoms with Gasteiger partial charge in [0.05, 0.1) is 31.9 Å². The van der Waals surface area contributed by atoms with Crippen molar-refractivity contribution in [1.82, 2.24) is 10.3 Å². The second-order valence-electron chi connectivity index (χ2n) is 8.63. The number of rotatable bonds is 7. The Kier molecular flexibility index (Phi) is 6.62. The van der Waals surface area contributed by atoms with Gasteiger partial charge in [-0.25, -0.2) is 0 Å². The van der Waals surface area contributed by atoms with E-state index in [0.717, 1.165) is 46.7 Å². The van der Waals surface area contributed by atoms with Crippen molar-refractivity contribution < 1.29 is 23.7 Å². The molecule has 7 nitrogen and oxygen atoms in total. The summed E-state index contributed by atoms with van der Waals surface area (Å²) in [4.78, 5) is 4.48. The Morgan fingerprint density at radius 2 is 1.85 bits per heavy atom. The summed E-state index contributed by atoms with van der Waals surface area (Å²) >= 11 is 0. The van der Waals surface area contributed by atoms with Gasteiger partial charge >= 0.3 is 0 Å². The highest BCUT2D eigenvalue weighted by molar-refractivity contribution is 5.83. The van der Waals surface area contributed by atoms with Gasteiger partial charge < -0.3 is 29.0 Å². The molecule has 0 amide bonds. The molecule has 174 valence electrons. The first-order valence-electron chi connectivity index (χ1n) is 11.5. The molecule has 0 unspecified atom stereocenters. The topological polar surface area (TPSA) is 71.1 Å². The van der Waals surface area contributed by atoms with Crippen LogP contribution in [0, 0.1) is 5.92 Å². The standard InChI is InChI=1S/C26H30N2O5/c1-17(11-19-7-8-27-23-5-4-21(29-2)13-22(19)23)26-32-15-20(16-33-26)28-14-18-3-6-24-25(12-18)31-10-9-30-24/h3-8,12-13,17,20,26,28H,9-11,14-16H2,1-2H3/t17-,20-,26-/m1/s1. The summed E-state index contributed by atoms with van der Waals surface area (Å²) in [5.41, 5.74) is 3.33. The third-order valence-electron chi connectivity index (χ3n) is 6.17. The highest BCUT2D eigenvalue weighted by Crippen LogP contribution is 2.31. The SMILES string of the molecule is COc1ccc2nccc(C[C@@H](C)[C@H]3OC[C@H](NCc4ccc5c(c4)OCCO5)CO3)c2c1. The molecule has 3 heterocycles. The molecule has 0 radical (unpaired) electrons. The molecule has 0 bridgehead atoms. The lowest BCUT2D eigenvalue weighted by atomic mass is 9.97. The van der Waals surface area contributed by atoms with E-state index in [4.69, 9.17) is 23.7 Å². The third kappa shape index (κ3) is 5.05. The molecule has 7 heteroatoms. The van der Waals surface area contributed by atoms with Crippen LogP contribution in [0.1, 0.15) is 18.1 Å². The van der Waals surface area contributed by atoms with Crippen molar-refractivity contribution in [3.8, 4) is 17.2 Å². The predicted molar refractivity (Wildman–Crippen MR) is 125 cm³/mol. The Labute approximate surface area is 194 Å². The van der Waals surface area contributed by atoms with Crippen LogP contribution in [0.3, 0.4) is 0 Å². The summed E-state index contributed by atoms with van der Waals surface area (Å²) in [5.74, 6) is 2.67. The Morgan fingerprint density at radius 3 is 2.67 bits per heavy atom. The molecule has 2 aliphatic rings.